The van der Waals surface area contributed by atoms with Gasteiger partial charge < -0.3 is 24.4 Å². The molecule has 3 atom stereocenters. The van der Waals surface area contributed by atoms with Crippen molar-refractivity contribution in [3.63, 3.8) is 0 Å². The average molecular weight is 523 g/mol. The third kappa shape index (κ3) is 3.41. The van der Waals surface area contributed by atoms with Crippen LogP contribution in [0.25, 0.3) is 16.5 Å². The van der Waals surface area contributed by atoms with E-state index in [0.717, 1.165) is 10.8 Å². The number of fused-ring (bicyclic) bond motifs is 6. The molecule has 2 aliphatic rings. The minimum atomic E-state index is -0.964. The van der Waals surface area contributed by atoms with Crippen molar-refractivity contribution in [3.8, 4) is 35.5 Å². The largest absolute Gasteiger partial charge is 0.494 e. The van der Waals surface area contributed by atoms with Gasteiger partial charge in [0.1, 0.15) is 17.3 Å². The van der Waals surface area contributed by atoms with E-state index in [2.05, 4.69) is 11.1 Å². The molecule has 1 saturated heterocycles. The number of rotatable bonds is 7. The minimum Gasteiger partial charge on any atom is -0.494 e. The van der Waals surface area contributed by atoms with Crippen molar-refractivity contribution >= 4 is 10.8 Å². The summed E-state index contributed by atoms with van der Waals surface area (Å²) in [6.45, 7) is 2.19. The van der Waals surface area contributed by atoms with Crippen molar-refractivity contribution in [2.45, 2.75) is 43.5 Å². The van der Waals surface area contributed by atoms with Crippen molar-refractivity contribution in [1.82, 2.24) is 9.55 Å². The molecule has 2 aromatic carbocycles. The number of ether oxygens (including phenoxy) is 3. The Bertz CT molecular complexity index is 1680. The van der Waals surface area contributed by atoms with Crippen molar-refractivity contribution < 1.29 is 24.4 Å². The number of benzene rings is 2. The Hall–Kier alpha value is -4.57. The summed E-state index contributed by atoms with van der Waals surface area (Å²) in [6, 6.07) is 18.4. The Labute approximate surface area is 225 Å². The number of aromatic nitrogens is 2. The molecule has 0 spiro atoms. The molecule has 0 radical (unpaired) electrons. The summed E-state index contributed by atoms with van der Waals surface area (Å²) in [5.74, 6) is 0.150. The highest BCUT2D eigenvalue weighted by molar-refractivity contribution is 5.95. The monoisotopic (exact) mass is 522 g/mol. The van der Waals surface area contributed by atoms with Gasteiger partial charge in [0, 0.05) is 43.0 Å². The van der Waals surface area contributed by atoms with Crippen molar-refractivity contribution in [2.75, 3.05) is 13.7 Å². The van der Waals surface area contributed by atoms with Crippen LogP contribution in [0.1, 0.15) is 48.4 Å². The topological polar surface area (TPSA) is 134 Å². The van der Waals surface area contributed by atoms with Crippen LogP contribution in [-0.2, 0) is 20.7 Å². The van der Waals surface area contributed by atoms with Crippen LogP contribution in [-0.4, -0.2) is 39.6 Å². The fraction of sp³-hybridized carbons (Fsp3) is 0.300. The first-order valence-corrected chi connectivity index (χ1v) is 12.7. The van der Waals surface area contributed by atoms with E-state index in [1.807, 2.05) is 37.3 Å². The fourth-order valence-electron chi connectivity index (χ4n) is 6.35. The van der Waals surface area contributed by atoms with Crippen LogP contribution in [0, 0.1) is 22.7 Å². The molecule has 2 bridgehead atoms. The zero-order valence-electron chi connectivity index (χ0n) is 21.5. The van der Waals surface area contributed by atoms with Crippen LogP contribution in [0.2, 0.25) is 0 Å². The van der Waals surface area contributed by atoms with Gasteiger partial charge in [0.2, 0.25) is 17.6 Å². The maximum atomic E-state index is 11.7. The molecule has 6 rings (SSSR count). The first-order chi connectivity index (χ1) is 18.9. The first kappa shape index (κ1) is 24.7. The van der Waals surface area contributed by atoms with Crippen LogP contribution >= 0.6 is 0 Å². The number of aromatic hydroxyl groups is 2. The lowest BCUT2D eigenvalue weighted by Gasteiger charge is -2.31. The van der Waals surface area contributed by atoms with E-state index in [1.165, 1.54) is 10.8 Å². The molecular formula is C30H26N4O5. The van der Waals surface area contributed by atoms with Gasteiger partial charge >= 0.3 is 0 Å². The normalized spacial score (nSPS) is 22.9. The number of methoxy groups -OCH3 is 1. The zero-order chi connectivity index (χ0) is 27.4. The molecule has 2 aromatic heterocycles. The number of pyridine rings is 1. The van der Waals surface area contributed by atoms with Crippen LogP contribution in [0.3, 0.4) is 0 Å². The Morgan fingerprint density at radius 1 is 1.05 bits per heavy atom. The number of nitrogens with zero attached hydrogens (tertiary/aromatic N) is 4. The van der Waals surface area contributed by atoms with E-state index in [-0.39, 0.29) is 24.5 Å². The second-order valence-electron chi connectivity index (χ2n) is 9.89. The van der Waals surface area contributed by atoms with E-state index in [4.69, 9.17) is 19.5 Å². The third-order valence-corrected chi connectivity index (χ3v) is 8.11. The van der Waals surface area contributed by atoms with E-state index in [0.29, 0.717) is 53.1 Å². The third-order valence-electron chi connectivity index (χ3n) is 8.11. The van der Waals surface area contributed by atoms with Gasteiger partial charge in [-0.2, -0.15) is 10.5 Å². The number of hydrogen-bond acceptors (Lipinski definition) is 8. The van der Waals surface area contributed by atoms with Crippen LogP contribution in [0.4, 0.5) is 0 Å². The Morgan fingerprint density at radius 2 is 1.82 bits per heavy atom. The summed E-state index contributed by atoms with van der Waals surface area (Å²) in [5, 5.41) is 43.5. The lowest BCUT2D eigenvalue weighted by molar-refractivity contribution is -0.125. The van der Waals surface area contributed by atoms with Crippen molar-refractivity contribution in [2.24, 2.45) is 0 Å². The van der Waals surface area contributed by atoms with Gasteiger partial charge in [0.15, 0.2) is 0 Å². The summed E-state index contributed by atoms with van der Waals surface area (Å²) >= 11 is 0. The molecule has 0 saturated carbocycles. The maximum Gasteiger partial charge on any atom is 0.213 e. The highest BCUT2D eigenvalue weighted by Gasteiger charge is 2.67. The van der Waals surface area contributed by atoms with Crippen molar-refractivity contribution in [3.05, 3.63) is 77.0 Å². The Morgan fingerprint density at radius 3 is 2.49 bits per heavy atom. The lowest BCUT2D eigenvalue weighted by atomic mass is 9.74. The highest BCUT2D eigenvalue weighted by Crippen LogP contribution is 2.67. The van der Waals surface area contributed by atoms with E-state index >= 15 is 0 Å². The van der Waals surface area contributed by atoms with E-state index in [9.17, 15) is 15.5 Å². The minimum absolute atomic E-state index is 0.112. The molecule has 0 unspecified atom stereocenters. The second-order valence-corrected chi connectivity index (χ2v) is 9.89. The van der Waals surface area contributed by atoms with E-state index in [1.54, 1.807) is 31.4 Å². The lowest BCUT2D eigenvalue weighted by Crippen LogP contribution is -2.37. The molecule has 39 heavy (non-hydrogen) atoms. The number of hydrogen-bond donors (Lipinski definition) is 2. The zero-order valence-corrected chi connectivity index (χ0v) is 21.5. The average Bonchev–Trinajstić information content (AvgIpc) is 3.56. The molecule has 196 valence electrons. The quantitative estimate of drug-likeness (QED) is 0.350. The van der Waals surface area contributed by atoms with Gasteiger partial charge in [-0.15, -0.1) is 0 Å². The van der Waals surface area contributed by atoms with Gasteiger partial charge in [0.25, 0.3) is 0 Å². The summed E-state index contributed by atoms with van der Waals surface area (Å²) in [7, 11) is 1.62. The second kappa shape index (κ2) is 9.02. The molecule has 9 heteroatoms. The van der Waals surface area contributed by atoms with Gasteiger partial charge in [-0.1, -0.05) is 31.2 Å². The molecule has 2 aliphatic heterocycles. The van der Waals surface area contributed by atoms with Gasteiger partial charge in [-0.05, 0) is 24.6 Å². The molecule has 2 N–H and O–H groups in total. The summed E-state index contributed by atoms with van der Waals surface area (Å²) in [4.78, 5) is 4.17. The molecule has 4 aromatic rings. The van der Waals surface area contributed by atoms with Crippen molar-refractivity contribution in [1.29, 1.82) is 10.5 Å². The summed E-state index contributed by atoms with van der Waals surface area (Å²) < 4.78 is 19.9. The molecule has 0 amide bonds. The Kier molecular flexibility index (Phi) is 5.72. The van der Waals surface area contributed by atoms with Crippen LogP contribution in [0.15, 0.2) is 54.7 Å². The summed E-state index contributed by atoms with van der Waals surface area (Å²) in [5.41, 5.74) is 0.631. The summed E-state index contributed by atoms with van der Waals surface area (Å²) in [6.07, 6.45) is 2.46. The fourth-order valence-corrected chi connectivity index (χ4v) is 6.35. The molecule has 1 fully saturated rings. The van der Waals surface area contributed by atoms with Crippen LogP contribution < -0.4 is 4.74 Å². The van der Waals surface area contributed by atoms with Gasteiger partial charge in [-0.3, -0.25) is 4.57 Å². The molecule has 9 nitrogen and oxygen atoms in total. The molecule has 4 heterocycles. The van der Waals surface area contributed by atoms with Gasteiger partial charge in [-0.25, -0.2) is 4.98 Å². The predicted octanol–water partition coefficient (Wildman–Crippen LogP) is 4.90. The molecular weight excluding hydrogens is 496 g/mol. The predicted molar refractivity (Wildman–Crippen MR) is 141 cm³/mol. The highest BCUT2D eigenvalue weighted by atomic mass is 16.6. The standard InChI is InChI=1S/C30H26N4O5/c1-3-30-23(37-2)14-29(39-30,12-13-38-24-11-8-18(15-31)17-33-24)25-26(30)28(36)34(27(25)35)22-10-9-19(16-32)20-6-4-5-7-21(20)22/h4-11,17,23,35-36H,3,12-14H2,1-2H3/t23-,29+,30-/m0/s1. The number of nitriles is 2. The first-order valence-electron chi connectivity index (χ1n) is 12.7. The molecule has 0 aliphatic carbocycles. The Balaban J connectivity index is 1.46. The van der Waals surface area contributed by atoms with E-state index < -0.39 is 11.2 Å². The maximum absolute atomic E-state index is 11.7. The smallest absolute Gasteiger partial charge is 0.213 e. The van der Waals surface area contributed by atoms with Crippen LogP contribution in [0.5, 0.6) is 17.6 Å². The van der Waals surface area contributed by atoms with Gasteiger partial charge in [0.05, 0.1) is 46.7 Å². The SMILES string of the molecule is CC[C@]12O[C@](CCOc3ccc(C#N)cn3)(C[C@@H]1OC)c1c2c(O)n(-c2ccc(C#N)c3ccccc23)c1O.